The summed E-state index contributed by atoms with van der Waals surface area (Å²) in [6.07, 6.45) is -1.20. The number of hydrogen-bond acceptors (Lipinski definition) is 3. The zero-order valence-electron chi connectivity index (χ0n) is 10.4. The van der Waals surface area contributed by atoms with Gasteiger partial charge in [0.05, 0.1) is 6.04 Å². The summed E-state index contributed by atoms with van der Waals surface area (Å²) in [6, 6.07) is 5.07. The summed E-state index contributed by atoms with van der Waals surface area (Å²) in [4.78, 5) is 22.2. The Morgan fingerprint density at radius 1 is 1.37 bits per heavy atom. The highest BCUT2D eigenvalue weighted by Gasteiger charge is 2.22. The van der Waals surface area contributed by atoms with Crippen molar-refractivity contribution in [1.29, 1.82) is 0 Å². The van der Waals surface area contributed by atoms with Crippen LogP contribution in [0.2, 0.25) is 0 Å². The van der Waals surface area contributed by atoms with E-state index in [9.17, 15) is 19.1 Å². The van der Waals surface area contributed by atoms with Crippen LogP contribution in [-0.4, -0.2) is 35.4 Å². The van der Waals surface area contributed by atoms with Gasteiger partial charge in [0.25, 0.3) is 0 Å². The van der Waals surface area contributed by atoms with Crippen LogP contribution in [0.1, 0.15) is 28.9 Å². The fourth-order valence-electron chi connectivity index (χ4n) is 1.59. The molecule has 0 radical (unpaired) electrons. The SMILES string of the molecule is CC(=O)c1ccc(C(O)C(CF)NC(=O)CCl)cc1. The minimum Gasteiger partial charge on any atom is -0.386 e. The normalized spacial score (nSPS) is 13.7. The van der Waals surface area contributed by atoms with Crippen LogP contribution < -0.4 is 5.32 Å². The van der Waals surface area contributed by atoms with Crippen molar-refractivity contribution in [3.8, 4) is 0 Å². The number of benzene rings is 1. The number of carbonyl (C=O) groups excluding carboxylic acids is 2. The van der Waals surface area contributed by atoms with E-state index in [1.54, 1.807) is 12.1 Å². The number of ketones is 1. The second-order valence-electron chi connectivity index (χ2n) is 4.08. The molecular weight excluding hydrogens is 273 g/mol. The van der Waals surface area contributed by atoms with Gasteiger partial charge in [-0.1, -0.05) is 24.3 Å². The van der Waals surface area contributed by atoms with Gasteiger partial charge in [0, 0.05) is 5.56 Å². The van der Waals surface area contributed by atoms with Gasteiger partial charge in [-0.2, -0.15) is 0 Å². The molecule has 2 atom stereocenters. The predicted octanol–water partition coefficient (Wildman–Crippen LogP) is 1.62. The fourth-order valence-corrected chi connectivity index (χ4v) is 1.67. The van der Waals surface area contributed by atoms with Crippen LogP contribution in [0.3, 0.4) is 0 Å². The molecule has 0 saturated carbocycles. The molecule has 0 heterocycles. The fraction of sp³-hybridized carbons (Fsp3) is 0.385. The zero-order valence-corrected chi connectivity index (χ0v) is 11.2. The van der Waals surface area contributed by atoms with Gasteiger partial charge >= 0.3 is 0 Å². The minimum absolute atomic E-state index is 0.0986. The second-order valence-corrected chi connectivity index (χ2v) is 4.35. The molecule has 1 aromatic carbocycles. The molecule has 0 saturated heterocycles. The van der Waals surface area contributed by atoms with Crippen LogP contribution in [0, 0.1) is 0 Å². The van der Waals surface area contributed by atoms with E-state index in [2.05, 4.69) is 5.32 Å². The summed E-state index contributed by atoms with van der Waals surface area (Å²) in [7, 11) is 0. The van der Waals surface area contributed by atoms with Crippen molar-refractivity contribution in [2.75, 3.05) is 12.6 Å². The standard InChI is InChI=1S/C13H15ClFNO3/c1-8(17)9-2-4-10(5-3-9)13(19)11(7-15)16-12(18)6-14/h2-5,11,13,19H,6-7H2,1H3,(H,16,18). The Morgan fingerprint density at radius 2 is 1.95 bits per heavy atom. The number of halogens is 2. The van der Waals surface area contributed by atoms with Gasteiger partial charge in [-0.15, -0.1) is 11.6 Å². The third kappa shape index (κ3) is 4.29. The summed E-state index contributed by atoms with van der Waals surface area (Å²) in [5.41, 5.74) is 0.917. The summed E-state index contributed by atoms with van der Waals surface area (Å²) in [5.74, 6) is -0.950. The van der Waals surface area contributed by atoms with Crippen molar-refractivity contribution >= 4 is 23.3 Å². The molecule has 0 aliphatic carbocycles. The molecule has 4 nitrogen and oxygen atoms in total. The third-order valence-corrected chi connectivity index (χ3v) is 2.92. The zero-order chi connectivity index (χ0) is 14.4. The molecule has 0 fully saturated rings. The van der Waals surface area contributed by atoms with E-state index in [1.165, 1.54) is 19.1 Å². The van der Waals surface area contributed by atoms with Crippen LogP contribution in [0.15, 0.2) is 24.3 Å². The van der Waals surface area contributed by atoms with E-state index in [0.29, 0.717) is 11.1 Å². The third-order valence-electron chi connectivity index (χ3n) is 2.67. The maximum absolute atomic E-state index is 12.8. The molecule has 0 aliphatic heterocycles. The monoisotopic (exact) mass is 287 g/mol. The Morgan fingerprint density at radius 3 is 2.37 bits per heavy atom. The van der Waals surface area contributed by atoms with Gasteiger partial charge in [0.15, 0.2) is 5.78 Å². The highest BCUT2D eigenvalue weighted by Crippen LogP contribution is 2.18. The average molecular weight is 288 g/mol. The van der Waals surface area contributed by atoms with Crippen molar-refractivity contribution in [3.05, 3.63) is 35.4 Å². The number of amides is 1. The number of hydrogen-bond donors (Lipinski definition) is 2. The van der Waals surface area contributed by atoms with Crippen LogP contribution in [0.4, 0.5) is 4.39 Å². The number of aliphatic hydroxyl groups is 1. The summed E-state index contributed by atoms with van der Waals surface area (Å²) in [6.45, 7) is 0.509. The van der Waals surface area contributed by atoms with Crippen LogP contribution in [-0.2, 0) is 4.79 Å². The van der Waals surface area contributed by atoms with E-state index >= 15 is 0 Å². The lowest BCUT2D eigenvalue weighted by atomic mass is 10.0. The molecule has 104 valence electrons. The lowest BCUT2D eigenvalue weighted by Crippen LogP contribution is -2.41. The van der Waals surface area contributed by atoms with E-state index in [4.69, 9.17) is 11.6 Å². The number of Topliss-reactive ketones (excluding diaryl/α,β-unsaturated/α-hetero) is 1. The van der Waals surface area contributed by atoms with Crippen LogP contribution in [0.25, 0.3) is 0 Å². The van der Waals surface area contributed by atoms with Crippen molar-refractivity contribution in [2.45, 2.75) is 19.1 Å². The highest BCUT2D eigenvalue weighted by molar-refractivity contribution is 6.27. The molecule has 2 unspecified atom stereocenters. The minimum atomic E-state index is -1.20. The molecule has 0 aromatic heterocycles. The maximum Gasteiger partial charge on any atom is 0.235 e. The van der Waals surface area contributed by atoms with Gasteiger partial charge < -0.3 is 10.4 Å². The lowest BCUT2D eigenvalue weighted by molar-refractivity contribution is -0.120. The second kappa shape index (κ2) is 7.21. The van der Waals surface area contributed by atoms with Crippen molar-refractivity contribution in [3.63, 3.8) is 0 Å². The molecular formula is C13H15ClFNO3. The Kier molecular flexibility index (Phi) is 5.92. The molecule has 19 heavy (non-hydrogen) atoms. The first kappa shape index (κ1) is 15.6. The molecule has 0 aliphatic rings. The van der Waals surface area contributed by atoms with E-state index in [-0.39, 0.29) is 11.7 Å². The highest BCUT2D eigenvalue weighted by atomic mass is 35.5. The molecule has 2 N–H and O–H groups in total. The number of alkyl halides is 2. The number of nitrogens with one attached hydrogen (secondary N) is 1. The molecule has 1 amide bonds. The van der Waals surface area contributed by atoms with Gasteiger partial charge in [0.1, 0.15) is 18.7 Å². The average Bonchev–Trinajstić information content (AvgIpc) is 2.43. The molecule has 0 bridgehead atoms. The first-order chi connectivity index (χ1) is 8.99. The van der Waals surface area contributed by atoms with Gasteiger partial charge in [-0.05, 0) is 12.5 Å². The Bertz CT molecular complexity index is 450. The number of rotatable bonds is 6. The van der Waals surface area contributed by atoms with Gasteiger partial charge in [-0.3, -0.25) is 9.59 Å². The molecule has 0 spiro atoms. The Labute approximate surface area is 115 Å². The topological polar surface area (TPSA) is 66.4 Å². The van der Waals surface area contributed by atoms with Crippen molar-refractivity contribution in [1.82, 2.24) is 5.32 Å². The molecule has 1 aromatic rings. The van der Waals surface area contributed by atoms with Crippen LogP contribution >= 0.6 is 11.6 Å². The summed E-state index contributed by atoms with van der Waals surface area (Å²) < 4.78 is 12.8. The quantitative estimate of drug-likeness (QED) is 0.617. The summed E-state index contributed by atoms with van der Waals surface area (Å²) in [5, 5.41) is 12.3. The Hall–Kier alpha value is -1.46. The largest absolute Gasteiger partial charge is 0.386 e. The van der Waals surface area contributed by atoms with E-state index in [0.717, 1.165) is 0 Å². The number of carbonyl (C=O) groups is 2. The number of aliphatic hydroxyl groups excluding tert-OH is 1. The molecule has 6 heteroatoms. The maximum atomic E-state index is 12.8. The smallest absolute Gasteiger partial charge is 0.235 e. The van der Waals surface area contributed by atoms with Crippen LogP contribution in [0.5, 0.6) is 0 Å². The first-order valence-electron chi connectivity index (χ1n) is 5.69. The van der Waals surface area contributed by atoms with Crippen molar-refractivity contribution in [2.24, 2.45) is 0 Å². The first-order valence-corrected chi connectivity index (χ1v) is 6.23. The lowest BCUT2D eigenvalue weighted by Gasteiger charge is -2.21. The Balaban J connectivity index is 2.81. The predicted molar refractivity (Wildman–Crippen MR) is 70.0 cm³/mol. The van der Waals surface area contributed by atoms with E-state index in [1.807, 2.05) is 0 Å². The van der Waals surface area contributed by atoms with Crippen molar-refractivity contribution < 1.29 is 19.1 Å². The van der Waals surface area contributed by atoms with Gasteiger partial charge in [0.2, 0.25) is 5.91 Å². The van der Waals surface area contributed by atoms with Gasteiger partial charge in [-0.25, -0.2) is 4.39 Å². The van der Waals surface area contributed by atoms with E-state index < -0.39 is 24.7 Å². The summed E-state index contributed by atoms with van der Waals surface area (Å²) >= 11 is 5.31. The molecule has 1 rings (SSSR count).